The van der Waals surface area contributed by atoms with Crippen LogP contribution in [0.4, 0.5) is 26.2 Å². The van der Waals surface area contributed by atoms with Gasteiger partial charge in [-0.25, -0.2) is 13.8 Å². The molecule has 0 fully saturated rings. The maximum Gasteiger partial charge on any atom is 0.224 e. The Morgan fingerprint density at radius 3 is 2.74 bits per heavy atom. The van der Waals surface area contributed by atoms with E-state index in [9.17, 15) is 8.78 Å². The van der Waals surface area contributed by atoms with Crippen molar-refractivity contribution < 1.29 is 8.78 Å². The summed E-state index contributed by atoms with van der Waals surface area (Å²) in [5.41, 5.74) is 0.349. The van der Waals surface area contributed by atoms with E-state index in [1.807, 2.05) is 6.92 Å². The molecule has 19 heavy (non-hydrogen) atoms. The fourth-order valence-corrected chi connectivity index (χ4v) is 1.53. The largest absolute Gasteiger partial charge is 0.354 e. The molecule has 2 N–H and O–H groups in total. The smallest absolute Gasteiger partial charge is 0.224 e. The Bertz CT molecular complexity index is 592. The molecule has 0 spiro atoms. The first-order chi connectivity index (χ1) is 9.10. The van der Waals surface area contributed by atoms with Gasteiger partial charge >= 0.3 is 0 Å². The second-order valence-electron chi connectivity index (χ2n) is 3.67. The highest BCUT2D eigenvalue weighted by Crippen LogP contribution is 2.22. The molecule has 0 aliphatic carbocycles. The van der Waals surface area contributed by atoms with Crippen molar-refractivity contribution in [2.24, 2.45) is 0 Å². The maximum absolute atomic E-state index is 13.5. The molecule has 0 saturated heterocycles. The van der Waals surface area contributed by atoms with Crippen LogP contribution in [0.2, 0.25) is 5.02 Å². The molecule has 0 amide bonds. The topological polar surface area (TPSA) is 49.8 Å². The Kier molecular flexibility index (Phi) is 4.11. The van der Waals surface area contributed by atoms with Crippen molar-refractivity contribution in [2.45, 2.75) is 6.92 Å². The molecule has 0 aliphatic heterocycles. The molecular weight excluding hydrogens is 274 g/mol. The first kappa shape index (κ1) is 13.5. The fourth-order valence-electron chi connectivity index (χ4n) is 1.41. The van der Waals surface area contributed by atoms with Gasteiger partial charge in [-0.2, -0.15) is 4.98 Å². The Balaban J connectivity index is 2.26. The SMILES string of the molecule is CCNc1ncc(F)c(Nc2ccc(Cl)c(F)c2)n1. The number of aromatic nitrogens is 2. The number of halogens is 3. The summed E-state index contributed by atoms with van der Waals surface area (Å²) in [5, 5.41) is 5.53. The van der Waals surface area contributed by atoms with E-state index in [0.717, 1.165) is 12.3 Å². The third kappa shape index (κ3) is 3.29. The first-order valence-corrected chi connectivity index (χ1v) is 5.96. The normalized spacial score (nSPS) is 10.3. The lowest BCUT2D eigenvalue weighted by Crippen LogP contribution is -2.06. The van der Waals surface area contributed by atoms with E-state index in [1.165, 1.54) is 12.1 Å². The van der Waals surface area contributed by atoms with Gasteiger partial charge in [-0.1, -0.05) is 11.6 Å². The van der Waals surface area contributed by atoms with E-state index in [-0.39, 0.29) is 10.8 Å². The fraction of sp³-hybridized carbons (Fsp3) is 0.167. The van der Waals surface area contributed by atoms with Gasteiger partial charge in [-0.05, 0) is 25.1 Å². The molecule has 0 unspecified atom stereocenters. The van der Waals surface area contributed by atoms with Gasteiger partial charge in [-0.3, -0.25) is 0 Å². The molecule has 1 aromatic carbocycles. The summed E-state index contributed by atoms with van der Waals surface area (Å²) in [5.74, 6) is -0.960. The number of anilines is 3. The van der Waals surface area contributed by atoms with Crippen molar-refractivity contribution in [3.63, 3.8) is 0 Å². The molecule has 0 atom stereocenters. The van der Waals surface area contributed by atoms with Crippen LogP contribution in [0.1, 0.15) is 6.92 Å². The molecule has 1 aromatic heterocycles. The maximum atomic E-state index is 13.5. The molecule has 0 radical (unpaired) electrons. The second kappa shape index (κ2) is 5.79. The van der Waals surface area contributed by atoms with Crippen molar-refractivity contribution in [2.75, 3.05) is 17.2 Å². The highest BCUT2D eigenvalue weighted by molar-refractivity contribution is 6.30. The molecule has 7 heteroatoms. The third-order valence-corrected chi connectivity index (χ3v) is 2.57. The highest BCUT2D eigenvalue weighted by atomic mass is 35.5. The number of nitrogens with zero attached hydrogens (tertiary/aromatic N) is 2. The van der Waals surface area contributed by atoms with Crippen molar-refractivity contribution in [3.8, 4) is 0 Å². The van der Waals surface area contributed by atoms with Gasteiger partial charge in [0, 0.05) is 12.2 Å². The molecule has 0 aliphatic rings. The summed E-state index contributed by atoms with van der Waals surface area (Å²) in [6, 6.07) is 4.07. The highest BCUT2D eigenvalue weighted by Gasteiger charge is 2.08. The van der Waals surface area contributed by atoms with Crippen LogP contribution >= 0.6 is 11.6 Å². The zero-order valence-electron chi connectivity index (χ0n) is 10.0. The van der Waals surface area contributed by atoms with E-state index >= 15 is 0 Å². The number of hydrogen-bond acceptors (Lipinski definition) is 4. The summed E-state index contributed by atoms with van der Waals surface area (Å²) in [4.78, 5) is 7.72. The van der Waals surface area contributed by atoms with Gasteiger partial charge in [0.1, 0.15) is 5.82 Å². The lowest BCUT2D eigenvalue weighted by Gasteiger charge is -2.09. The van der Waals surface area contributed by atoms with Gasteiger partial charge in [0.05, 0.1) is 11.2 Å². The van der Waals surface area contributed by atoms with E-state index in [0.29, 0.717) is 18.2 Å². The minimum absolute atomic E-state index is 0.00190. The minimum Gasteiger partial charge on any atom is -0.354 e. The Hall–Kier alpha value is -1.95. The van der Waals surface area contributed by atoms with Crippen LogP contribution in [0.15, 0.2) is 24.4 Å². The van der Waals surface area contributed by atoms with Gasteiger partial charge in [0.15, 0.2) is 11.6 Å². The molecule has 0 saturated carbocycles. The molecule has 1 heterocycles. The van der Waals surface area contributed by atoms with Crippen LogP contribution in [-0.2, 0) is 0 Å². The summed E-state index contributed by atoms with van der Waals surface area (Å²) in [6.45, 7) is 2.48. The van der Waals surface area contributed by atoms with E-state index < -0.39 is 11.6 Å². The van der Waals surface area contributed by atoms with Crippen molar-refractivity contribution in [1.82, 2.24) is 9.97 Å². The lowest BCUT2D eigenvalue weighted by molar-refractivity contribution is 0.618. The van der Waals surface area contributed by atoms with Crippen LogP contribution in [0, 0.1) is 11.6 Å². The summed E-state index contributed by atoms with van der Waals surface area (Å²) >= 11 is 5.57. The van der Waals surface area contributed by atoms with Gasteiger partial charge in [-0.15, -0.1) is 0 Å². The lowest BCUT2D eigenvalue weighted by atomic mass is 10.3. The Labute approximate surface area is 113 Å². The Morgan fingerprint density at radius 2 is 2.05 bits per heavy atom. The number of nitrogens with one attached hydrogen (secondary N) is 2. The van der Waals surface area contributed by atoms with Crippen molar-refractivity contribution in [3.05, 3.63) is 41.1 Å². The predicted octanol–water partition coefficient (Wildman–Crippen LogP) is 3.58. The van der Waals surface area contributed by atoms with Crippen LogP contribution in [0.3, 0.4) is 0 Å². The van der Waals surface area contributed by atoms with Crippen molar-refractivity contribution in [1.29, 1.82) is 0 Å². The van der Waals surface area contributed by atoms with Gasteiger partial charge in [0.25, 0.3) is 0 Å². The van der Waals surface area contributed by atoms with Gasteiger partial charge < -0.3 is 10.6 Å². The second-order valence-corrected chi connectivity index (χ2v) is 4.08. The molecule has 2 aromatic rings. The zero-order chi connectivity index (χ0) is 13.8. The first-order valence-electron chi connectivity index (χ1n) is 5.58. The van der Waals surface area contributed by atoms with E-state index in [4.69, 9.17) is 11.6 Å². The molecule has 4 nitrogen and oxygen atoms in total. The van der Waals surface area contributed by atoms with Crippen LogP contribution in [0.25, 0.3) is 0 Å². The van der Waals surface area contributed by atoms with Crippen molar-refractivity contribution >= 4 is 29.1 Å². The average Bonchev–Trinajstić information content (AvgIpc) is 2.38. The predicted molar refractivity (Wildman–Crippen MR) is 70.8 cm³/mol. The van der Waals surface area contributed by atoms with Crippen LogP contribution in [-0.4, -0.2) is 16.5 Å². The summed E-state index contributed by atoms with van der Waals surface area (Å²) in [7, 11) is 0. The van der Waals surface area contributed by atoms with E-state index in [2.05, 4.69) is 20.6 Å². The summed E-state index contributed by atoms with van der Waals surface area (Å²) in [6.07, 6.45) is 1.04. The standard InChI is InChI=1S/C12H11ClF2N4/c1-2-16-12-17-6-10(15)11(19-12)18-7-3-4-8(13)9(14)5-7/h3-6H,2H2,1H3,(H2,16,17,18,19). The quantitative estimate of drug-likeness (QED) is 0.901. The average molecular weight is 285 g/mol. The van der Waals surface area contributed by atoms with Gasteiger partial charge in [0.2, 0.25) is 5.95 Å². The summed E-state index contributed by atoms with van der Waals surface area (Å²) < 4.78 is 26.8. The van der Waals surface area contributed by atoms with Crippen LogP contribution in [0.5, 0.6) is 0 Å². The third-order valence-electron chi connectivity index (χ3n) is 2.26. The molecule has 100 valence electrons. The Morgan fingerprint density at radius 1 is 1.26 bits per heavy atom. The monoisotopic (exact) mass is 284 g/mol. The zero-order valence-corrected chi connectivity index (χ0v) is 10.8. The molecule has 0 bridgehead atoms. The molecular formula is C12H11ClF2N4. The van der Waals surface area contributed by atoms with E-state index in [1.54, 1.807) is 0 Å². The molecule has 2 rings (SSSR count). The number of benzene rings is 1. The number of rotatable bonds is 4. The van der Waals surface area contributed by atoms with Crippen LogP contribution < -0.4 is 10.6 Å². The number of hydrogen-bond donors (Lipinski definition) is 2. The minimum atomic E-state index is -0.628.